The Bertz CT molecular complexity index is 768. The summed E-state index contributed by atoms with van der Waals surface area (Å²) >= 11 is 6.40. The van der Waals surface area contributed by atoms with Crippen molar-refractivity contribution in [3.63, 3.8) is 0 Å². The number of pyridine rings is 1. The molecule has 3 N–H and O–H groups in total. The highest BCUT2D eigenvalue weighted by molar-refractivity contribution is 7.89. The number of rotatable bonds is 5. The molecule has 0 spiro atoms. The third-order valence-electron chi connectivity index (χ3n) is 2.81. The predicted molar refractivity (Wildman–Crippen MR) is 87.9 cm³/mol. The summed E-state index contributed by atoms with van der Waals surface area (Å²) in [7, 11) is -3.75. The molecular weight excluding hydrogens is 326 g/mol. The summed E-state index contributed by atoms with van der Waals surface area (Å²) in [6.45, 7) is 3.76. The van der Waals surface area contributed by atoms with Gasteiger partial charge in [0.15, 0.2) is 0 Å². The van der Waals surface area contributed by atoms with Crippen molar-refractivity contribution in [1.29, 1.82) is 0 Å². The minimum Gasteiger partial charge on any atom is -0.388 e. The summed E-state index contributed by atoms with van der Waals surface area (Å²) in [5.41, 5.74) is 5.64. The molecule has 0 amide bonds. The molecule has 0 aliphatic carbocycles. The molecule has 0 radical (unpaired) electrons. The second kappa shape index (κ2) is 6.18. The van der Waals surface area contributed by atoms with Crippen LogP contribution in [0.15, 0.2) is 35.4 Å². The average Bonchev–Trinajstić information content (AvgIpc) is 2.85. The van der Waals surface area contributed by atoms with Crippen molar-refractivity contribution >= 4 is 38.6 Å². The number of aryl methyl sites for hydroxylation is 1. The van der Waals surface area contributed by atoms with Crippen molar-refractivity contribution in [2.24, 2.45) is 5.73 Å². The molecule has 0 fully saturated rings. The van der Waals surface area contributed by atoms with Gasteiger partial charge < -0.3 is 5.73 Å². The van der Waals surface area contributed by atoms with Crippen LogP contribution in [0.5, 0.6) is 0 Å². The molecule has 8 heteroatoms. The molecule has 112 valence electrons. The standard InChI is InChI=1S/C13H15N3O2S3/c1-8-5-6-10(20-8)9(2)16-21(17,18)11-4-3-7-15-12(11)13(14)19/h3-7,9,16H,1-2H3,(H2,14,19). The van der Waals surface area contributed by atoms with Crippen LogP contribution in [0.3, 0.4) is 0 Å². The van der Waals surface area contributed by atoms with Crippen molar-refractivity contribution in [2.75, 3.05) is 0 Å². The maximum atomic E-state index is 12.5. The van der Waals surface area contributed by atoms with Gasteiger partial charge in [0.25, 0.3) is 0 Å². The highest BCUT2D eigenvalue weighted by Gasteiger charge is 2.23. The third kappa shape index (κ3) is 3.65. The SMILES string of the molecule is Cc1ccc(C(C)NS(=O)(=O)c2cccnc2C(N)=S)s1. The Morgan fingerprint density at radius 2 is 2.14 bits per heavy atom. The van der Waals surface area contributed by atoms with Crippen LogP contribution in [0.4, 0.5) is 0 Å². The summed E-state index contributed by atoms with van der Waals surface area (Å²) in [5, 5.41) is 0. The van der Waals surface area contributed by atoms with Crippen LogP contribution < -0.4 is 10.5 Å². The number of hydrogen-bond donors (Lipinski definition) is 2. The molecule has 0 saturated heterocycles. The molecular formula is C13H15N3O2S3. The minimum atomic E-state index is -3.75. The Labute approximate surface area is 133 Å². The van der Waals surface area contributed by atoms with E-state index in [1.54, 1.807) is 18.3 Å². The molecule has 0 aliphatic rings. The van der Waals surface area contributed by atoms with Gasteiger partial charge in [0, 0.05) is 16.0 Å². The smallest absolute Gasteiger partial charge is 0.243 e. The fourth-order valence-electron chi connectivity index (χ4n) is 1.83. The quantitative estimate of drug-likeness (QED) is 0.814. The number of nitrogens with two attached hydrogens (primary N) is 1. The van der Waals surface area contributed by atoms with Gasteiger partial charge in [-0.25, -0.2) is 13.1 Å². The van der Waals surface area contributed by atoms with Crippen molar-refractivity contribution in [1.82, 2.24) is 9.71 Å². The van der Waals surface area contributed by atoms with Crippen LogP contribution in [-0.4, -0.2) is 18.4 Å². The van der Waals surface area contributed by atoms with Crippen LogP contribution in [0, 0.1) is 6.92 Å². The first-order valence-corrected chi connectivity index (χ1v) is 8.85. The lowest BCUT2D eigenvalue weighted by atomic mass is 10.3. The molecule has 0 saturated carbocycles. The van der Waals surface area contributed by atoms with E-state index in [2.05, 4.69) is 9.71 Å². The number of nitrogens with one attached hydrogen (secondary N) is 1. The summed E-state index contributed by atoms with van der Waals surface area (Å²) in [6.07, 6.45) is 1.46. The van der Waals surface area contributed by atoms with Crippen LogP contribution in [0.1, 0.15) is 28.4 Å². The molecule has 2 rings (SSSR count). The van der Waals surface area contributed by atoms with Gasteiger partial charge in [-0.3, -0.25) is 4.98 Å². The van der Waals surface area contributed by atoms with E-state index in [0.717, 1.165) is 9.75 Å². The molecule has 2 heterocycles. The maximum Gasteiger partial charge on any atom is 0.243 e. The maximum absolute atomic E-state index is 12.5. The predicted octanol–water partition coefficient (Wildman–Crippen LogP) is 2.13. The van der Waals surface area contributed by atoms with Gasteiger partial charge in [-0.05, 0) is 38.1 Å². The van der Waals surface area contributed by atoms with E-state index in [1.165, 1.54) is 18.3 Å². The van der Waals surface area contributed by atoms with Crippen molar-refractivity contribution in [2.45, 2.75) is 24.8 Å². The topological polar surface area (TPSA) is 85.1 Å². The Hall–Kier alpha value is -1.35. The first kappa shape index (κ1) is 16.0. The molecule has 0 bridgehead atoms. The van der Waals surface area contributed by atoms with Gasteiger partial charge >= 0.3 is 0 Å². The third-order valence-corrected chi connectivity index (χ3v) is 5.76. The zero-order chi connectivity index (χ0) is 15.6. The number of hydrogen-bond acceptors (Lipinski definition) is 5. The number of thiocarbonyl (C=S) groups is 1. The van der Waals surface area contributed by atoms with Gasteiger partial charge in [0.05, 0.1) is 6.04 Å². The van der Waals surface area contributed by atoms with E-state index >= 15 is 0 Å². The van der Waals surface area contributed by atoms with E-state index in [1.807, 2.05) is 19.1 Å². The number of aromatic nitrogens is 1. The van der Waals surface area contributed by atoms with Crippen LogP contribution >= 0.6 is 23.6 Å². The van der Waals surface area contributed by atoms with Crippen molar-refractivity contribution < 1.29 is 8.42 Å². The monoisotopic (exact) mass is 341 g/mol. The van der Waals surface area contributed by atoms with Crippen molar-refractivity contribution in [3.8, 4) is 0 Å². The number of sulfonamides is 1. The highest BCUT2D eigenvalue weighted by Crippen LogP contribution is 2.24. The Morgan fingerprint density at radius 3 is 2.71 bits per heavy atom. The van der Waals surface area contributed by atoms with E-state index in [0.29, 0.717) is 0 Å². The summed E-state index contributed by atoms with van der Waals surface area (Å²) < 4.78 is 27.6. The number of nitrogens with zero attached hydrogens (tertiary/aromatic N) is 1. The van der Waals surface area contributed by atoms with E-state index in [9.17, 15) is 8.42 Å². The Balaban J connectivity index is 2.33. The van der Waals surface area contributed by atoms with Crippen molar-refractivity contribution in [3.05, 3.63) is 45.9 Å². The average molecular weight is 341 g/mol. The number of thiophene rings is 1. The van der Waals surface area contributed by atoms with Gasteiger partial charge in [-0.1, -0.05) is 12.2 Å². The molecule has 0 aromatic carbocycles. The van der Waals surface area contributed by atoms with E-state index < -0.39 is 10.0 Å². The van der Waals surface area contributed by atoms with Crippen LogP contribution in [0.2, 0.25) is 0 Å². The fourth-order valence-corrected chi connectivity index (χ4v) is 4.41. The Morgan fingerprint density at radius 1 is 1.43 bits per heavy atom. The lowest BCUT2D eigenvalue weighted by Crippen LogP contribution is -2.29. The lowest BCUT2D eigenvalue weighted by molar-refractivity contribution is 0.568. The largest absolute Gasteiger partial charge is 0.388 e. The van der Waals surface area contributed by atoms with E-state index in [-0.39, 0.29) is 21.6 Å². The second-order valence-electron chi connectivity index (χ2n) is 4.51. The summed E-state index contributed by atoms with van der Waals surface area (Å²) in [6, 6.07) is 6.50. The van der Waals surface area contributed by atoms with Crippen LogP contribution in [-0.2, 0) is 10.0 Å². The first-order chi connectivity index (χ1) is 9.81. The van der Waals surface area contributed by atoms with Crippen LogP contribution in [0.25, 0.3) is 0 Å². The van der Waals surface area contributed by atoms with E-state index in [4.69, 9.17) is 18.0 Å². The zero-order valence-corrected chi connectivity index (χ0v) is 14.0. The van der Waals surface area contributed by atoms with Gasteiger partial charge in [-0.15, -0.1) is 11.3 Å². The Kier molecular flexibility index (Phi) is 4.72. The van der Waals surface area contributed by atoms with Gasteiger partial charge in [0.1, 0.15) is 15.6 Å². The van der Waals surface area contributed by atoms with Gasteiger partial charge in [0.2, 0.25) is 10.0 Å². The highest BCUT2D eigenvalue weighted by atomic mass is 32.2. The molecule has 21 heavy (non-hydrogen) atoms. The summed E-state index contributed by atoms with van der Waals surface area (Å²) in [5.74, 6) is 0. The minimum absolute atomic E-state index is 0.00220. The lowest BCUT2D eigenvalue weighted by Gasteiger charge is -2.14. The molecule has 2 aromatic rings. The zero-order valence-electron chi connectivity index (χ0n) is 11.5. The second-order valence-corrected chi connectivity index (χ2v) is 7.95. The fraction of sp³-hybridized carbons (Fsp3) is 0.231. The molecule has 0 aliphatic heterocycles. The molecule has 1 atom stereocenters. The van der Waals surface area contributed by atoms with Gasteiger partial charge in [-0.2, -0.15) is 0 Å². The normalized spacial score (nSPS) is 13.0. The molecule has 2 aromatic heterocycles. The summed E-state index contributed by atoms with van der Waals surface area (Å²) in [4.78, 5) is 5.97. The molecule has 1 unspecified atom stereocenters. The first-order valence-electron chi connectivity index (χ1n) is 6.15. The molecule has 5 nitrogen and oxygen atoms in total.